The third-order valence-corrected chi connectivity index (χ3v) is 2.84. The zero-order chi connectivity index (χ0) is 12.4. The normalized spacial score (nSPS) is 12.4. The van der Waals surface area contributed by atoms with Crippen LogP contribution in [0, 0.1) is 0 Å². The van der Waals surface area contributed by atoms with Crippen LogP contribution < -0.4 is 5.32 Å². The SMILES string of the molecule is CC(Cl)C(=O)Nc1ccc(Cl)c2ncccc12. The van der Waals surface area contributed by atoms with Crippen molar-refractivity contribution in [3.05, 3.63) is 35.5 Å². The highest BCUT2D eigenvalue weighted by molar-refractivity contribution is 6.36. The van der Waals surface area contributed by atoms with Crippen LogP contribution in [0.25, 0.3) is 10.9 Å². The number of rotatable bonds is 2. The van der Waals surface area contributed by atoms with Crippen LogP contribution in [0.4, 0.5) is 5.69 Å². The smallest absolute Gasteiger partial charge is 0.242 e. The van der Waals surface area contributed by atoms with E-state index in [0.29, 0.717) is 16.2 Å². The maximum Gasteiger partial charge on any atom is 0.242 e. The number of carbonyl (C=O) groups excluding carboxylic acids is 1. The molecule has 0 radical (unpaired) electrons. The van der Waals surface area contributed by atoms with Crippen LogP contribution in [0.1, 0.15) is 6.92 Å². The number of aromatic nitrogens is 1. The molecule has 1 heterocycles. The minimum absolute atomic E-state index is 0.251. The first kappa shape index (κ1) is 12.1. The molecular formula is C12H10Cl2N2O. The van der Waals surface area contributed by atoms with Crippen molar-refractivity contribution >= 4 is 45.7 Å². The van der Waals surface area contributed by atoms with Crippen LogP contribution in [0.3, 0.4) is 0 Å². The van der Waals surface area contributed by atoms with Gasteiger partial charge in [-0.2, -0.15) is 0 Å². The molecule has 0 aliphatic rings. The second-order valence-electron chi connectivity index (χ2n) is 3.60. The fourth-order valence-corrected chi connectivity index (χ4v) is 1.75. The number of amides is 1. The fraction of sp³-hybridized carbons (Fsp3) is 0.167. The second kappa shape index (κ2) is 4.90. The Morgan fingerprint density at radius 3 is 2.88 bits per heavy atom. The zero-order valence-electron chi connectivity index (χ0n) is 9.08. The average molecular weight is 269 g/mol. The van der Waals surface area contributed by atoms with Crippen LogP contribution in [0.15, 0.2) is 30.5 Å². The fourth-order valence-electron chi connectivity index (χ4n) is 1.48. The first-order valence-corrected chi connectivity index (χ1v) is 5.89. The molecule has 88 valence electrons. The number of nitrogens with one attached hydrogen (secondary N) is 1. The summed E-state index contributed by atoms with van der Waals surface area (Å²) in [6, 6.07) is 7.08. The summed E-state index contributed by atoms with van der Waals surface area (Å²) < 4.78 is 0. The Labute approximate surface area is 109 Å². The Bertz CT molecular complexity index is 569. The number of anilines is 1. The van der Waals surface area contributed by atoms with Gasteiger partial charge in [-0.1, -0.05) is 11.6 Å². The van der Waals surface area contributed by atoms with Gasteiger partial charge in [0.25, 0.3) is 0 Å². The minimum atomic E-state index is -0.586. The van der Waals surface area contributed by atoms with Crippen molar-refractivity contribution in [3.8, 4) is 0 Å². The van der Waals surface area contributed by atoms with Gasteiger partial charge >= 0.3 is 0 Å². The highest BCUT2D eigenvalue weighted by Gasteiger charge is 2.12. The molecule has 1 atom stereocenters. The lowest BCUT2D eigenvalue weighted by molar-refractivity contribution is -0.115. The number of pyridine rings is 1. The minimum Gasteiger partial charge on any atom is -0.324 e. The van der Waals surface area contributed by atoms with Crippen molar-refractivity contribution in [2.45, 2.75) is 12.3 Å². The molecule has 1 unspecified atom stereocenters. The molecule has 0 aliphatic heterocycles. The molecule has 1 N–H and O–H groups in total. The van der Waals surface area contributed by atoms with Crippen LogP contribution >= 0.6 is 23.2 Å². The van der Waals surface area contributed by atoms with E-state index < -0.39 is 5.38 Å². The van der Waals surface area contributed by atoms with Crippen molar-refractivity contribution < 1.29 is 4.79 Å². The first-order chi connectivity index (χ1) is 8.09. The topological polar surface area (TPSA) is 42.0 Å². The molecule has 3 nitrogen and oxygen atoms in total. The number of carbonyl (C=O) groups is 1. The van der Waals surface area contributed by atoms with E-state index in [1.807, 2.05) is 6.07 Å². The summed E-state index contributed by atoms with van der Waals surface area (Å²) in [6.45, 7) is 1.62. The summed E-state index contributed by atoms with van der Waals surface area (Å²) in [5.74, 6) is -0.251. The lowest BCUT2D eigenvalue weighted by Crippen LogP contribution is -2.20. The van der Waals surface area contributed by atoms with E-state index in [1.165, 1.54) is 0 Å². The molecule has 0 aliphatic carbocycles. The predicted molar refractivity (Wildman–Crippen MR) is 70.7 cm³/mol. The highest BCUT2D eigenvalue weighted by Crippen LogP contribution is 2.28. The number of nitrogens with zero attached hydrogens (tertiary/aromatic N) is 1. The first-order valence-electron chi connectivity index (χ1n) is 5.08. The van der Waals surface area contributed by atoms with E-state index in [-0.39, 0.29) is 5.91 Å². The van der Waals surface area contributed by atoms with E-state index in [1.54, 1.807) is 31.3 Å². The summed E-state index contributed by atoms with van der Waals surface area (Å²) in [7, 11) is 0. The van der Waals surface area contributed by atoms with Gasteiger partial charge in [-0.05, 0) is 31.2 Å². The molecule has 0 saturated heterocycles. The summed E-state index contributed by atoms with van der Waals surface area (Å²) in [6.07, 6.45) is 1.66. The Morgan fingerprint density at radius 2 is 2.18 bits per heavy atom. The second-order valence-corrected chi connectivity index (χ2v) is 4.66. The summed E-state index contributed by atoms with van der Waals surface area (Å²) in [5.41, 5.74) is 1.32. The van der Waals surface area contributed by atoms with Crippen LogP contribution in [0.5, 0.6) is 0 Å². The average Bonchev–Trinajstić information content (AvgIpc) is 2.33. The Balaban J connectivity index is 2.48. The maximum atomic E-state index is 11.5. The van der Waals surface area contributed by atoms with E-state index >= 15 is 0 Å². The van der Waals surface area contributed by atoms with Crippen molar-refractivity contribution in [3.63, 3.8) is 0 Å². The number of fused-ring (bicyclic) bond motifs is 1. The molecule has 2 aromatic rings. The van der Waals surface area contributed by atoms with E-state index in [9.17, 15) is 4.79 Å². The number of alkyl halides is 1. The third kappa shape index (κ3) is 2.51. The Kier molecular flexibility index (Phi) is 3.50. The largest absolute Gasteiger partial charge is 0.324 e. The summed E-state index contributed by atoms with van der Waals surface area (Å²) in [4.78, 5) is 15.7. The number of benzene rings is 1. The van der Waals surface area contributed by atoms with Crippen LogP contribution in [0.2, 0.25) is 5.02 Å². The molecule has 0 fully saturated rings. The van der Waals surface area contributed by atoms with Crippen molar-refractivity contribution in [2.75, 3.05) is 5.32 Å². The van der Waals surface area contributed by atoms with Gasteiger partial charge < -0.3 is 5.32 Å². The number of hydrogen-bond donors (Lipinski definition) is 1. The standard InChI is InChI=1S/C12H10Cl2N2O/c1-7(13)12(17)16-10-5-4-9(14)11-8(10)3-2-6-15-11/h2-7H,1H3,(H,16,17). The van der Waals surface area contributed by atoms with Gasteiger partial charge in [0, 0.05) is 11.6 Å². The van der Waals surface area contributed by atoms with E-state index in [2.05, 4.69) is 10.3 Å². The molecule has 0 spiro atoms. The quantitative estimate of drug-likeness (QED) is 0.848. The zero-order valence-corrected chi connectivity index (χ0v) is 10.6. The third-order valence-electron chi connectivity index (χ3n) is 2.34. The number of halogens is 2. The number of hydrogen-bond acceptors (Lipinski definition) is 2. The van der Waals surface area contributed by atoms with Crippen molar-refractivity contribution in [2.24, 2.45) is 0 Å². The molecular weight excluding hydrogens is 259 g/mol. The molecule has 2 rings (SSSR count). The molecule has 0 bridgehead atoms. The molecule has 17 heavy (non-hydrogen) atoms. The van der Waals surface area contributed by atoms with E-state index in [0.717, 1.165) is 5.39 Å². The van der Waals surface area contributed by atoms with Gasteiger partial charge in [0.05, 0.1) is 16.2 Å². The summed E-state index contributed by atoms with van der Waals surface area (Å²) >= 11 is 11.7. The van der Waals surface area contributed by atoms with E-state index in [4.69, 9.17) is 23.2 Å². The monoisotopic (exact) mass is 268 g/mol. The molecule has 1 amide bonds. The van der Waals surface area contributed by atoms with Gasteiger partial charge in [0.2, 0.25) is 5.91 Å². The lowest BCUT2D eigenvalue weighted by atomic mass is 10.2. The maximum absolute atomic E-state index is 11.5. The molecule has 1 aromatic carbocycles. The van der Waals surface area contributed by atoms with Gasteiger partial charge in [-0.25, -0.2) is 0 Å². The van der Waals surface area contributed by atoms with Crippen molar-refractivity contribution in [1.29, 1.82) is 0 Å². The Morgan fingerprint density at radius 1 is 1.41 bits per heavy atom. The highest BCUT2D eigenvalue weighted by atomic mass is 35.5. The summed E-state index contributed by atoms with van der Waals surface area (Å²) in [5, 5.41) is 3.51. The predicted octanol–water partition coefficient (Wildman–Crippen LogP) is 3.45. The van der Waals surface area contributed by atoms with Gasteiger partial charge in [-0.15, -0.1) is 11.6 Å². The van der Waals surface area contributed by atoms with Crippen LogP contribution in [-0.2, 0) is 4.79 Å². The van der Waals surface area contributed by atoms with Gasteiger partial charge in [-0.3, -0.25) is 9.78 Å². The lowest BCUT2D eigenvalue weighted by Gasteiger charge is -2.10. The molecule has 0 saturated carbocycles. The molecule has 1 aromatic heterocycles. The van der Waals surface area contributed by atoms with Crippen molar-refractivity contribution in [1.82, 2.24) is 4.98 Å². The van der Waals surface area contributed by atoms with Gasteiger partial charge in [0.1, 0.15) is 5.38 Å². The molecule has 5 heteroatoms. The Hall–Kier alpha value is -1.32. The van der Waals surface area contributed by atoms with Crippen LogP contribution in [-0.4, -0.2) is 16.3 Å². The van der Waals surface area contributed by atoms with Gasteiger partial charge in [0.15, 0.2) is 0 Å².